The fourth-order valence-corrected chi connectivity index (χ4v) is 3.04. The van der Waals surface area contributed by atoms with Gasteiger partial charge in [-0.15, -0.1) is 0 Å². The highest BCUT2D eigenvalue weighted by molar-refractivity contribution is 6.31. The number of hydrogen-bond donors (Lipinski definition) is 1. The lowest BCUT2D eigenvalue weighted by Crippen LogP contribution is -2.40. The molecule has 0 unspecified atom stereocenters. The number of carbonyl (C=O) groups excluding carboxylic acids is 1. The van der Waals surface area contributed by atoms with Crippen LogP contribution >= 0.6 is 11.6 Å². The van der Waals surface area contributed by atoms with Crippen molar-refractivity contribution in [2.45, 2.75) is 31.9 Å². The third kappa shape index (κ3) is 3.22. The minimum atomic E-state index is -0.243. The van der Waals surface area contributed by atoms with Crippen molar-refractivity contribution in [1.29, 1.82) is 0 Å². The Balaban J connectivity index is 1.62. The third-order valence-corrected chi connectivity index (χ3v) is 4.35. The molecule has 1 fully saturated rings. The Morgan fingerprint density at radius 2 is 2.05 bits per heavy atom. The number of piperidine rings is 1. The van der Waals surface area contributed by atoms with E-state index in [1.807, 2.05) is 35.4 Å². The van der Waals surface area contributed by atoms with Crippen LogP contribution in [0.2, 0.25) is 5.02 Å². The molecule has 21 heavy (non-hydrogen) atoms. The smallest absolute Gasteiger partial charge is 0.224 e. The molecule has 0 bridgehead atoms. The van der Waals surface area contributed by atoms with Crippen molar-refractivity contribution >= 4 is 28.4 Å². The highest BCUT2D eigenvalue weighted by Gasteiger charge is 2.20. The van der Waals surface area contributed by atoms with Gasteiger partial charge in [0.1, 0.15) is 0 Å². The van der Waals surface area contributed by atoms with Crippen LogP contribution in [0, 0.1) is 0 Å². The van der Waals surface area contributed by atoms with Gasteiger partial charge < -0.3 is 14.6 Å². The summed E-state index contributed by atoms with van der Waals surface area (Å²) < 4.78 is 2.09. The van der Waals surface area contributed by atoms with E-state index in [0.29, 0.717) is 38.9 Å². The van der Waals surface area contributed by atoms with Crippen molar-refractivity contribution in [2.24, 2.45) is 0 Å². The molecule has 2 heterocycles. The molecule has 1 saturated heterocycles. The summed E-state index contributed by atoms with van der Waals surface area (Å²) in [5.74, 6) is 0.165. The van der Waals surface area contributed by atoms with E-state index < -0.39 is 0 Å². The number of nitrogens with zero attached hydrogens (tertiary/aromatic N) is 2. The number of benzene rings is 1. The number of aliphatic hydroxyl groups excluding tert-OH is 1. The maximum atomic E-state index is 12.2. The number of amides is 1. The van der Waals surface area contributed by atoms with Crippen LogP contribution in [0.3, 0.4) is 0 Å². The van der Waals surface area contributed by atoms with E-state index in [4.69, 9.17) is 11.6 Å². The zero-order valence-corrected chi connectivity index (χ0v) is 12.6. The van der Waals surface area contributed by atoms with Crippen LogP contribution in [-0.2, 0) is 11.3 Å². The standard InChI is InChI=1S/C16H19ClN2O2/c17-13-1-2-15-12(11-13)3-7-18(15)10-6-16(21)19-8-4-14(20)5-9-19/h1-3,7,11,14,20H,4-6,8-10H2. The number of likely N-dealkylation sites (tertiary alicyclic amines) is 1. The summed E-state index contributed by atoms with van der Waals surface area (Å²) >= 11 is 5.98. The van der Waals surface area contributed by atoms with Crippen molar-refractivity contribution in [3.8, 4) is 0 Å². The Kier molecular flexibility index (Phi) is 4.17. The number of aryl methyl sites for hydroxylation is 1. The van der Waals surface area contributed by atoms with E-state index in [9.17, 15) is 9.90 Å². The molecular formula is C16H19ClN2O2. The van der Waals surface area contributed by atoms with E-state index >= 15 is 0 Å². The zero-order valence-electron chi connectivity index (χ0n) is 11.8. The molecule has 2 aromatic rings. The molecule has 0 spiro atoms. The molecule has 1 N–H and O–H groups in total. The van der Waals surface area contributed by atoms with Crippen LogP contribution in [0.5, 0.6) is 0 Å². The Morgan fingerprint density at radius 3 is 2.81 bits per heavy atom. The first-order valence-corrected chi connectivity index (χ1v) is 7.71. The van der Waals surface area contributed by atoms with Gasteiger partial charge in [-0.2, -0.15) is 0 Å². The van der Waals surface area contributed by atoms with E-state index in [-0.39, 0.29) is 12.0 Å². The predicted octanol–water partition coefficient (Wildman–Crippen LogP) is 2.67. The molecule has 3 rings (SSSR count). The molecule has 0 aliphatic carbocycles. The lowest BCUT2D eigenvalue weighted by Gasteiger charge is -2.29. The fourth-order valence-electron chi connectivity index (χ4n) is 2.86. The zero-order chi connectivity index (χ0) is 14.8. The van der Waals surface area contributed by atoms with Crippen molar-refractivity contribution in [2.75, 3.05) is 13.1 Å². The monoisotopic (exact) mass is 306 g/mol. The molecule has 1 aromatic carbocycles. The first-order valence-electron chi connectivity index (χ1n) is 7.34. The van der Waals surface area contributed by atoms with Crippen LogP contribution < -0.4 is 0 Å². The molecule has 5 heteroatoms. The van der Waals surface area contributed by atoms with E-state index in [0.717, 1.165) is 15.9 Å². The minimum Gasteiger partial charge on any atom is -0.393 e. The van der Waals surface area contributed by atoms with Crippen LogP contribution in [0.25, 0.3) is 10.9 Å². The molecule has 1 aliphatic heterocycles. The fraction of sp³-hybridized carbons (Fsp3) is 0.438. The van der Waals surface area contributed by atoms with Crippen LogP contribution in [0.15, 0.2) is 30.5 Å². The van der Waals surface area contributed by atoms with Crippen molar-refractivity contribution in [3.63, 3.8) is 0 Å². The number of rotatable bonds is 3. The van der Waals surface area contributed by atoms with Gasteiger partial charge in [0, 0.05) is 48.2 Å². The molecule has 112 valence electrons. The molecule has 1 aromatic heterocycles. The van der Waals surface area contributed by atoms with Crippen LogP contribution in [0.1, 0.15) is 19.3 Å². The quantitative estimate of drug-likeness (QED) is 0.947. The molecule has 0 atom stereocenters. The lowest BCUT2D eigenvalue weighted by molar-refractivity contribution is -0.133. The Morgan fingerprint density at radius 1 is 1.29 bits per heavy atom. The van der Waals surface area contributed by atoms with Gasteiger partial charge in [-0.3, -0.25) is 4.79 Å². The Labute approximate surface area is 128 Å². The molecule has 4 nitrogen and oxygen atoms in total. The molecular weight excluding hydrogens is 288 g/mol. The van der Waals surface area contributed by atoms with Gasteiger partial charge in [0.2, 0.25) is 5.91 Å². The first kappa shape index (κ1) is 14.4. The van der Waals surface area contributed by atoms with Gasteiger partial charge in [-0.25, -0.2) is 0 Å². The Bertz CT molecular complexity index is 645. The summed E-state index contributed by atoms with van der Waals surface area (Å²) in [5, 5.41) is 11.3. The second-order valence-electron chi connectivity index (χ2n) is 5.57. The van der Waals surface area contributed by atoms with Gasteiger partial charge in [-0.1, -0.05) is 11.6 Å². The average Bonchev–Trinajstić information content (AvgIpc) is 2.87. The highest BCUT2D eigenvalue weighted by Crippen LogP contribution is 2.21. The number of aliphatic hydroxyl groups is 1. The third-order valence-electron chi connectivity index (χ3n) is 4.12. The molecule has 1 aliphatic rings. The van der Waals surface area contributed by atoms with Crippen molar-refractivity contribution < 1.29 is 9.90 Å². The highest BCUT2D eigenvalue weighted by atomic mass is 35.5. The van der Waals surface area contributed by atoms with Gasteiger partial charge in [0.25, 0.3) is 0 Å². The summed E-state index contributed by atoms with van der Waals surface area (Å²) in [5.41, 5.74) is 1.10. The van der Waals surface area contributed by atoms with E-state index in [2.05, 4.69) is 4.57 Å². The number of halogens is 1. The number of hydrogen-bond acceptors (Lipinski definition) is 2. The summed E-state index contributed by atoms with van der Waals surface area (Å²) in [6.07, 6.45) is 3.62. The van der Waals surface area contributed by atoms with Crippen LogP contribution in [0.4, 0.5) is 0 Å². The summed E-state index contributed by atoms with van der Waals surface area (Å²) in [6, 6.07) is 7.80. The number of fused-ring (bicyclic) bond motifs is 1. The second-order valence-corrected chi connectivity index (χ2v) is 6.01. The Hall–Kier alpha value is -1.52. The van der Waals surface area contributed by atoms with Gasteiger partial charge in [-0.05, 0) is 37.1 Å². The van der Waals surface area contributed by atoms with E-state index in [1.165, 1.54) is 0 Å². The minimum absolute atomic E-state index is 0.165. The summed E-state index contributed by atoms with van der Waals surface area (Å²) in [4.78, 5) is 14.1. The van der Waals surface area contributed by atoms with Crippen LogP contribution in [-0.4, -0.2) is 39.7 Å². The largest absolute Gasteiger partial charge is 0.393 e. The number of aromatic nitrogens is 1. The molecule has 1 amide bonds. The summed E-state index contributed by atoms with van der Waals surface area (Å²) in [7, 11) is 0. The first-order chi connectivity index (χ1) is 10.1. The molecule has 0 saturated carbocycles. The predicted molar refractivity (Wildman–Crippen MR) is 83.4 cm³/mol. The average molecular weight is 307 g/mol. The van der Waals surface area contributed by atoms with Gasteiger partial charge >= 0.3 is 0 Å². The maximum Gasteiger partial charge on any atom is 0.224 e. The van der Waals surface area contributed by atoms with E-state index in [1.54, 1.807) is 0 Å². The van der Waals surface area contributed by atoms with Gasteiger partial charge in [0.05, 0.1) is 6.10 Å². The maximum absolute atomic E-state index is 12.2. The summed E-state index contributed by atoms with van der Waals surface area (Å²) in [6.45, 7) is 2.01. The van der Waals surface area contributed by atoms with Crippen molar-refractivity contribution in [1.82, 2.24) is 9.47 Å². The molecule has 0 radical (unpaired) electrons. The normalized spacial score (nSPS) is 16.6. The number of carbonyl (C=O) groups is 1. The topological polar surface area (TPSA) is 45.5 Å². The van der Waals surface area contributed by atoms with Gasteiger partial charge in [0.15, 0.2) is 0 Å². The SMILES string of the molecule is O=C(CCn1ccc2cc(Cl)ccc21)N1CCC(O)CC1. The van der Waals surface area contributed by atoms with Crippen molar-refractivity contribution in [3.05, 3.63) is 35.5 Å². The lowest BCUT2D eigenvalue weighted by atomic mass is 10.1. The second kappa shape index (κ2) is 6.08.